The van der Waals surface area contributed by atoms with Gasteiger partial charge in [0.1, 0.15) is 11.2 Å². The molecule has 1 fully saturated rings. The van der Waals surface area contributed by atoms with Crippen molar-refractivity contribution < 1.29 is 14.7 Å². The summed E-state index contributed by atoms with van der Waals surface area (Å²) in [7, 11) is 1.80. The zero-order valence-corrected chi connectivity index (χ0v) is 10.7. The number of nitrogens with one attached hydrogen (secondary N) is 1. The Morgan fingerprint density at radius 2 is 1.94 bits per heavy atom. The monoisotopic (exact) mass is 250 g/mol. The van der Waals surface area contributed by atoms with E-state index in [2.05, 4.69) is 5.32 Å². The van der Waals surface area contributed by atoms with Crippen molar-refractivity contribution >= 4 is 11.9 Å². The summed E-state index contributed by atoms with van der Waals surface area (Å²) in [5, 5.41) is 12.0. The molecule has 2 N–H and O–H groups in total. The quantitative estimate of drug-likeness (QED) is 0.853. The molecule has 0 aliphatic heterocycles. The van der Waals surface area contributed by atoms with Gasteiger partial charge in [-0.15, -0.1) is 0 Å². The van der Waals surface area contributed by atoms with E-state index in [-0.39, 0.29) is 5.91 Å². The highest BCUT2D eigenvalue weighted by atomic mass is 16.4. The fourth-order valence-corrected chi connectivity index (χ4v) is 2.49. The van der Waals surface area contributed by atoms with Crippen LogP contribution in [0.25, 0.3) is 0 Å². The predicted octanol–water partition coefficient (Wildman–Crippen LogP) is 1.46. The lowest BCUT2D eigenvalue weighted by Gasteiger charge is -2.25. The second kappa shape index (κ2) is 4.48. The average molecular weight is 250 g/mol. The first-order valence-corrected chi connectivity index (χ1v) is 6.14. The number of aryl methyl sites for hydroxylation is 1. The lowest BCUT2D eigenvalue weighted by Crippen LogP contribution is -2.52. The van der Waals surface area contributed by atoms with Gasteiger partial charge in [0.25, 0.3) is 5.91 Å². The van der Waals surface area contributed by atoms with Crippen LogP contribution in [-0.4, -0.2) is 27.1 Å². The maximum absolute atomic E-state index is 12.1. The molecule has 18 heavy (non-hydrogen) atoms. The Bertz CT molecular complexity index is 484. The van der Waals surface area contributed by atoms with Crippen LogP contribution in [0.2, 0.25) is 0 Å². The zero-order chi connectivity index (χ0) is 13.3. The van der Waals surface area contributed by atoms with Crippen molar-refractivity contribution in [3.05, 3.63) is 23.5 Å². The Balaban J connectivity index is 2.20. The van der Waals surface area contributed by atoms with Gasteiger partial charge in [0.05, 0.1) is 0 Å². The van der Waals surface area contributed by atoms with E-state index in [9.17, 15) is 14.7 Å². The van der Waals surface area contributed by atoms with Crippen molar-refractivity contribution in [3.8, 4) is 0 Å². The summed E-state index contributed by atoms with van der Waals surface area (Å²) in [5.41, 5.74) is 0.394. The van der Waals surface area contributed by atoms with Gasteiger partial charge in [-0.2, -0.15) is 0 Å². The minimum atomic E-state index is -1.07. The third-order valence-electron chi connectivity index (χ3n) is 3.82. The van der Waals surface area contributed by atoms with Crippen molar-refractivity contribution in [1.82, 2.24) is 9.88 Å². The van der Waals surface area contributed by atoms with Crippen LogP contribution in [0, 0.1) is 6.92 Å². The zero-order valence-electron chi connectivity index (χ0n) is 10.7. The second-order valence-electron chi connectivity index (χ2n) is 4.97. The molecule has 0 radical (unpaired) electrons. The van der Waals surface area contributed by atoms with E-state index in [4.69, 9.17) is 0 Å². The number of hydrogen-bond acceptors (Lipinski definition) is 2. The summed E-state index contributed by atoms with van der Waals surface area (Å²) in [5.74, 6) is -1.24. The van der Waals surface area contributed by atoms with E-state index < -0.39 is 11.5 Å². The molecule has 0 unspecified atom stereocenters. The summed E-state index contributed by atoms with van der Waals surface area (Å²) in [4.78, 5) is 23.5. The number of nitrogens with zero attached hydrogens (tertiary/aromatic N) is 1. The summed E-state index contributed by atoms with van der Waals surface area (Å²) in [6.07, 6.45) is 2.71. The van der Waals surface area contributed by atoms with E-state index in [1.165, 1.54) is 0 Å². The summed E-state index contributed by atoms with van der Waals surface area (Å²) >= 11 is 0. The first kappa shape index (κ1) is 12.7. The molecule has 1 amide bonds. The van der Waals surface area contributed by atoms with Crippen LogP contribution in [-0.2, 0) is 11.8 Å². The van der Waals surface area contributed by atoms with Crippen LogP contribution in [0.4, 0.5) is 0 Å². The van der Waals surface area contributed by atoms with Crippen molar-refractivity contribution in [1.29, 1.82) is 0 Å². The molecule has 1 aromatic rings. The first-order chi connectivity index (χ1) is 8.46. The number of hydrogen-bond donors (Lipinski definition) is 2. The molecule has 0 atom stereocenters. The number of rotatable bonds is 3. The standard InChI is InChI=1S/C13H18N2O3/c1-9-5-6-10(15(9)2)11(16)14-13(12(17)18)7-3-4-8-13/h5-6H,3-4,7-8H2,1-2H3,(H,14,16)(H,17,18). The Kier molecular flexibility index (Phi) is 3.15. The normalized spacial score (nSPS) is 17.7. The molecule has 1 saturated carbocycles. The fraction of sp³-hybridized carbons (Fsp3) is 0.538. The Hall–Kier alpha value is -1.78. The molecule has 0 saturated heterocycles. The molecule has 1 aliphatic carbocycles. The summed E-state index contributed by atoms with van der Waals surface area (Å²) < 4.78 is 1.76. The van der Waals surface area contributed by atoms with Crippen LogP contribution in [0.1, 0.15) is 41.9 Å². The SMILES string of the molecule is Cc1ccc(C(=O)NC2(C(=O)O)CCCC2)n1C. The number of carbonyl (C=O) groups is 2. The number of carboxylic acid groups (broad SMARTS) is 1. The minimum absolute atomic E-state index is 0.310. The molecule has 5 nitrogen and oxygen atoms in total. The molecule has 1 aliphatic rings. The molecule has 0 aromatic carbocycles. The molecular formula is C13H18N2O3. The van der Waals surface area contributed by atoms with E-state index in [0.717, 1.165) is 18.5 Å². The largest absolute Gasteiger partial charge is 0.480 e. The van der Waals surface area contributed by atoms with Crippen molar-refractivity contribution in [2.75, 3.05) is 0 Å². The Morgan fingerprint density at radius 3 is 2.39 bits per heavy atom. The number of aromatic nitrogens is 1. The Morgan fingerprint density at radius 1 is 1.33 bits per heavy atom. The van der Waals surface area contributed by atoms with E-state index in [1.54, 1.807) is 17.7 Å². The van der Waals surface area contributed by atoms with Crippen LogP contribution >= 0.6 is 0 Å². The molecular weight excluding hydrogens is 232 g/mol. The first-order valence-electron chi connectivity index (χ1n) is 6.14. The second-order valence-corrected chi connectivity index (χ2v) is 4.97. The predicted molar refractivity (Wildman–Crippen MR) is 66.5 cm³/mol. The van der Waals surface area contributed by atoms with E-state index >= 15 is 0 Å². The van der Waals surface area contributed by atoms with Gasteiger partial charge < -0.3 is 15.0 Å². The third-order valence-corrected chi connectivity index (χ3v) is 3.82. The van der Waals surface area contributed by atoms with Gasteiger partial charge in [0.15, 0.2) is 0 Å². The molecule has 1 aromatic heterocycles. The third kappa shape index (κ3) is 2.00. The average Bonchev–Trinajstić information content (AvgIpc) is 2.89. The Labute approximate surface area is 106 Å². The molecule has 0 bridgehead atoms. The molecule has 1 heterocycles. The van der Waals surface area contributed by atoms with Crippen molar-refractivity contribution in [3.63, 3.8) is 0 Å². The van der Waals surface area contributed by atoms with Gasteiger partial charge in [-0.25, -0.2) is 4.79 Å². The highest BCUT2D eigenvalue weighted by Crippen LogP contribution is 2.30. The summed E-state index contributed by atoms with van der Waals surface area (Å²) in [6, 6.07) is 3.56. The van der Waals surface area contributed by atoms with Crippen LogP contribution in [0.5, 0.6) is 0 Å². The number of carboxylic acids is 1. The number of carbonyl (C=O) groups excluding carboxylic acids is 1. The molecule has 98 valence electrons. The van der Waals surface area contributed by atoms with Crippen LogP contribution in [0.3, 0.4) is 0 Å². The van der Waals surface area contributed by atoms with Gasteiger partial charge in [-0.1, -0.05) is 12.8 Å². The van der Waals surface area contributed by atoms with Gasteiger partial charge in [0, 0.05) is 12.7 Å². The van der Waals surface area contributed by atoms with Gasteiger partial charge in [-0.3, -0.25) is 4.79 Å². The molecule has 0 spiro atoms. The number of amides is 1. The summed E-state index contributed by atoms with van der Waals surface area (Å²) in [6.45, 7) is 1.90. The van der Waals surface area contributed by atoms with Crippen LogP contribution in [0.15, 0.2) is 12.1 Å². The smallest absolute Gasteiger partial charge is 0.329 e. The highest BCUT2D eigenvalue weighted by Gasteiger charge is 2.42. The molecule has 5 heteroatoms. The maximum atomic E-state index is 12.1. The van der Waals surface area contributed by atoms with Gasteiger partial charge >= 0.3 is 5.97 Å². The maximum Gasteiger partial charge on any atom is 0.329 e. The van der Waals surface area contributed by atoms with Gasteiger partial charge in [-0.05, 0) is 31.9 Å². The van der Waals surface area contributed by atoms with Crippen LogP contribution < -0.4 is 5.32 Å². The van der Waals surface area contributed by atoms with E-state index in [1.807, 2.05) is 13.0 Å². The lowest BCUT2D eigenvalue weighted by atomic mass is 9.97. The fourth-order valence-electron chi connectivity index (χ4n) is 2.49. The van der Waals surface area contributed by atoms with E-state index in [0.29, 0.717) is 18.5 Å². The topological polar surface area (TPSA) is 71.3 Å². The minimum Gasteiger partial charge on any atom is -0.480 e. The molecule has 2 rings (SSSR count). The highest BCUT2D eigenvalue weighted by molar-refractivity contribution is 5.97. The van der Waals surface area contributed by atoms with Crippen molar-refractivity contribution in [2.24, 2.45) is 7.05 Å². The van der Waals surface area contributed by atoms with Gasteiger partial charge in [0.2, 0.25) is 0 Å². The number of aliphatic carboxylic acids is 1. The van der Waals surface area contributed by atoms with Crippen molar-refractivity contribution in [2.45, 2.75) is 38.1 Å². The lowest BCUT2D eigenvalue weighted by molar-refractivity contribution is -0.144.